The molecule has 0 heterocycles. The first-order valence-corrected chi connectivity index (χ1v) is 6.18. The standard InChI is InChI=1S/C11H13O3P/c1-3-14-15(12,13)9-8-11-6-4-10(2)5-7-11/h4-7H,3H2,1-2H3,(H,12,13). The Kier molecular flexibility index (Phi) is 4.11. The fourth-order valence-electron chi connectivity index (χ4n) is 0.979. The van der Waals surface area contributed by atoms with Gasteiger partial charge < -0.3 is 4.89 Å². The minimum absolute atomic E-state index is 0.177. The molecule has 80 valence electrons. The molecular weight excluding hydrogens is 211 g/mol. The topological polar surface area (TPSA) is 46.5 Å². The van der Waals surface area contributed by atoms with E-state index < -0.39 is 7.60 Å². The van der Waals surface area contributed by atoms with Crippen LogP contribution in [-0.2, 0) is 9.09 Å². The summed E-state index contributed by atoms with van der Waals surface area (Å²) in [4.78, 5) is 9.19. The average Bonchev–Trinajstić information content (AvgIpc) is 2.17. The van der Waals surface area contributed by atoms with Gasteiger partial charge in [-0.05, 0) is 26.0 Å². The molecule has 0 saturated heterocycles. The van der Waals surface area contributed by atoms with Gasteiger partial charge in [0.05, 0.1) is 6.61 Å². The summed E-state index contributed by atoms with van der Waals surface area (Å²) in [6.07, 6.45) is 0. The third-order valence-corrected chi connectivity index (χ3v) is 2.70. The normalized spacial score (nSPS) is 13.8. The predicted octanol–water partition coefficient (Wildman–Crippen LogP) is 2.53. The number of hydrogen-bond donors (Lipinski definition) is 1. The maximum absolute atomic E-state index is 11.2. The Morgan fingerprint density at radius 3 is 2.53 bits per heavy atom. The van der Waals surface area contributed by atoms with Crippen LogP contribution in [0.4, 0.5) is 0 Å². The van der Waals surface area contributed by atoms with Gasteiger partial charge in [0.25, 0.3) is 0 Å². The maximum Gasteiger partial charge on any atom is 0.403 e. The summed E-state index contributed by atoms with van der Waals surface area (Å²) in [7, 11) is -3.73. The van der Waals surface area contributed by atoms with Crippen molar-refractivity contribution in [3.8, 4) is 11.6 Å². The molecule has 0 saturated carbocycles. The molecule has 0 fully saturated rings. The highest BCUT2D eigenvalue weighted by Gasteiger charge is 2.12. The molecule has 1 N–H and O–H groups in total. The van der Waals surface area contributed by atoms with Crippen LogP contribution in [0.15, 0.2) is 24.3 Å². The molecule has 0 aliphatic rings. The second kappa shape index (κ2) is 5.14. The summed E-state index contributed by atoms with van der Waals surface area (Å²) in [5, 5.41) is 0. The minimum Gasteiger partial charge on any atom is -0.315 e. The minimum atomic E-state index is -3.73. The maximum atomic E-state index is 11.2. The van der Waals surface area contributed by atoms with Gasteiger partial charge in [0.1, 0.15) is 0 Å². The van der Waals surface area contributed by atoms with E-state index in [2.05, 4.69) is 16.1 Å². The molecule has 1 unspecified atom stereocenters. The van der Waals surface area contributed by atoms with Crippen molar-refractivity contribution < 1.29 is 14.0 Å². The van der Waals surface area contributed by atoms with Gasteiger partial charge in [-0.25, -0.2) is 4.57 Å². The Labute approximate surface area is 89.6 Å². The summed E-state index contributed by atoms with van der Waals surface area (Å²) in [6.45, 7) is 3.79. The molecule has 15 heavy (non-hydrogen) atoms. The van der Waals surface area contributed by atoms with E-state index in [9.17, 15) is 9.46 Å². The summed E-state index contributed by atoms with van der Waals surface area (Å²) in [5.74, 6) is 2.61. The Morgan fingerprint density at radius 1 is 1.40 bits per heavy atom. The van der Waals surface area contributed by atoms with Crippen molar-refractivity contribution in [1.82, 2.24) is 0 Å². The molecule has 0 bridgehead atoms. The Bertz CT molecular complexity index is 425. The van der Waals surface area contributed by atoms with Crippen molar-refractivity contribution in [3.63, 3.8) is 0 Å². The van der Waals surface area contributed by atoms with E-state index in [4.69, 9.17) is 0 Å². The number of benzene rings is 1. The van der Waals surface area contributed by atoms with Gasteiger partial charge in [-0.2, -0.15) is 0 Å². The second-order valence-corrected chi connectivity index (χ2v) is 4.56. The van der Waals surface area contributed by atoms with Crippen LogP contribution in [0.2, 0.25) is 0 Å². The van der Waals surface area contributed by atoms with Crippen molar-refractivity contribution in [2.24, 2.45) is 0 Å². The quantitative estimate of drug-likeness (QED) is 0.620. The van der Waals surface area contributed by atoms with Crippen LogP contribution in [0.1, 0.15) is 18.1 Å². The number of aryl methyl sites for hydroxylation is 1. The van der Waals surface area contributed by atoms with E-state index in [0.29, 0.717) is 5.56 Å². The molecule has 0 aromatic heterocycles. The summed E-state index contributed by atoms with van der Waals surface area (Å²) in [6, 6.07) is 7.39. The highest BCUT2D eigenvalue weighted by molar-refractivity contribution is 7.58. The third kappa shape index (κ3) is 4.31. The first-order valence-electron chi connectivity index (χ1n) is 4.61. The summed E-state index contributed by atoms with van der Waals surface area (Å²) >= 11 is 0. The van der Waals surface area contributed by atoms with E-state index in [1.165, 1.54) is 0 Å². The molecule has 1 aromatic rings. The van der Waals surface area contributed by atoms with Gasteiger partial charge >= 0.3 is 7.60 Å². The monoisotopic (exact) mass is 224 g/mol. The first-order chi connectivity index (χ1) is 7.03. The molecule has 0 aliphatic heterocycles. The third-order valence-electron chi connectivity index (χ3n) is 1.70. The lowest BCUT2D eigenvalue weighted by Crippen LogP contribution is -1.85. The van der Waals surface area contributed by atoms with E-state index >= 15 is 0 Å². The fourth-order valence-corrected chi connectivity index (χ4v) is 1.66. The molecule has 0 amide bonds. The van der Waals surface area contributed by atoms with Crippen LogP contribution in [0, 0.1) is 18.5 Å². The highest BCUT2D eigenvalue weighted by atomic mass is 31.2. The van der Waals surface area contributed by atoms with E-state index in [-0.39, 0.29) is 6.61 Å². The van der Waals surface area contributed by atoms with Gasteiger partial charge in [0, 0.05) is 11.2 Å². The van der Waals surface area contributed by atoms with Crippen LogP contribution in [-0.4, -0.2) is 11.5 Å². The zero-order chi connectivity index (χ0) is 11.3. The lowest BCUT2D eigenvalue weighted by Gasteiger charge is -2.01. The molecule has 1 rings (SSSR count). The molecule has 0 radical (unpaired) electrons. The Balaban J connectivity index is 2.82. The highest BCUT2D eigenvalue weighted by Crippen LogP contribution is 2.39. The van der Waals surface area contributed by atoms with Gasteiger partial charge in [-0.15, -0.1) is 0 Å². The van der Waals surface area contributed by atoms with Gasteiger partial charge in [-0.1, -0.05) is 23.6 Å². The smallest absolute Gasteiger partial charge is 0.315 e. The lowest BCUT2D eigenvalue weighted by atomic mass is 10.2. The number of hydrogen-bond acceptors (Lipinski definition) is 2. The van der Waals surface area contributed by atoms with Crippen LogP contribution in [0.3, 0.4) is 0 Å². The van der Waals surface area contributed by atoms with E-state index in [1.807, 2.05) is 19.1 Å². The van der Waals surface area contributed by atoms with E-state index in [0.717, 1.165) is 5.56 Å². The predicted molar refractivity (Wildman–Crippen MR) is 59.5 cm³/mol. The van der Waals surface area contributed by atoms with Crippen molar-refractivity contribution in [2.45, 2.75) is 13.8 Å². The second-order valence-electron chi connectivity index (χ2n) is 3.04. The molecule has 1 aromatic carbocycles. The van der Waals surface area contributed by atoms with Crippen molar-refractivity contribution in [2.75, 3.05) is 6.61 Å². The van der Waals surface area contributed by atoms with Crippen molar-refractivity contribution in [1.29, 1.82) is 0 Å². The largest absolute Gasteiger partial charge is 0.403 e. The summed E-state index contributed by atoms with van der Waals surface area (Å²) < 4.78 is 15.8. The zero-order valence-corrected chi connectivity index (χ0v) is 9.62. The van der Waals surface area contributed by atoms with Crippen molar-refractivity contribution >= 4 is 7.60 Å². The fraction of sp³-hybridized carbons (Fsp3) is 0.273. The number of rotatable bonds is 2. The Morgan fingerprint density at radius 2 is 2.00 bits per heavy atom. The SMILES string of the molecule is CCOP(=O)(O)C#Cc1ccc(C)cc1. The average molecular weight is 224 g/mol. The van der Waals surface area contributed by atoms with Crippen LogP contribution >= 0.6 is 7.60 Å². The van der Waals surface area contributed by atoms with Crippen LogP contribution < -0.4 is 0 Å². The van der Waals surface area contributed by atoms with Gasteiger partial charge in [0.2, 0.25) is 0 Å². The van der Waals surface area contributed by atoms with Crippen molar-refractivity contribution in [3.05, 3.63) is 35.4 Å². The van der Waals surface area contributed by atoms with Gasteiger partial charge in [-0.3, -0.25) is 4.52 Å². The molecule has 1 atom stereocenters. The lowest BCUT2D eigenvalue weighted by molar-refractivity contribution is 0.285. The molecular formula is C11H13O3P. The molecule has 3 nitrogen and oxygen atoms in total. The molecule has 0 aliphatic carbocycles. The van der Waals surface area contributed by atoms with Crippen LogP contribution in [0.25, 0.3) is 0 Å². The van der Waals surface area contributed by atoms with Gasteiger partial charge in [0.15, 0.2) is 0 Å². The molecule has 4 heteroatoms. The van der Waals surface area contributed by atoms with E-state index in [1.54, 1.807) is 19.1 Å². The first kappa shape index (κ1) is 12.0. The van der Waals surface area contributed by atoms with Crippen LogP contribution in [0.5, 0.6) is 0 Å². The summed E-state index contributed by atoms with van der Waals surface area (Å²) in [5.41, 5.74) is 4.06. The Hall–Kier alpha value is -1.07. The molecule has 0 spiro atoms. The zero-order valence-electron chi connectivity index (χ0n) is 8.73.